The van der Waals surface area contributed by atoms with E-state index in [0.29, 0.717) is 10.5 Å². The van der Waals surface area contributed by atoms with Crippen LogP contribution in [0.5, 0.6) is 0 Å². The van der Waals surface area contributed by atoms with Crippen LogP contribution < -0.4 is 10.9 Å². The second-order valence-electron chi connectivity index (χ2n) is 5.73. The van der Waals surface area contributed by atoms with E-state index in [-0.39, 0.29) is 13.0 Å². The fourth-order valence-corrected chi connectivity index (χ4v) is 3.24. The van der Waals surface area contributed by atoms with E-state index in [1.165, 1.54) is 24.5 Å². The van der Waals surface area contributed by atoms with Gasteiger partial charge in [0.15, 0.2) is 0 Å². The van der Waals surface area contributed by atoms with E-state index in [1.807, 2.05) is 30.3 Å². The van der Waals surface area contributed by atoms with Gasteiger partial charge in [-0.2, -0.15) is 0 Å². The first-order valence-electron chi connectivity index (χ1n) is 8.34. The van der Waals surface area contributed by atoms with Crippen molar-refractivity contribution in [2.45, 2.75) is 6.42 Å². The highest BCUT2D eigenvalue weighted by Gasteiger charge is 2.35. The summed E-state index contributed by atoms with van der Waals surface area (Å²) in [5.74, 6) is -1.45. The van der Waals surface area contributed by atoms with Gasteiger partial charge < -0.3 is 0 Å². The smallest absolute Gasteiger partial charge is 0.273 e. The summed E-state index contributed by atoms with van der Waals surface area (Å²) in [6.07, 6.45) is 4.42. The number of carbonyl (C=O) groups excluding carboxylic acids is 4. The monoisotopic (exact) mass is 396 g/mol. The molecule has 2 heterocycles. The van der Waals surface area contributed by atoms with Gasteiger partial charge in [-0.25, -0.2) is 0 Å². The summed E-state index contributed by atoms with van der Waals surface area (Å²) in [4.78, 5) is 53.3. The van der Waals surface area contributed by atoms with Gasteiger partial charge in [0.2, 0.25) is 5.91 Å². The maximum absolute atomic E-state index is 12.4. The Morgan fingerprint density at radius 1 is 1.04 bits per heavy atom. The third kappa shape index (κ3) is 4.83. The molecule has 8 nitrogen and oxygen atoms in total. The molecular weight excluding hydrogens is 380 g/mol. The zero-order chi connectivity index (χ0) is 19.9. The maximum atomic E-state index is 12.4. The molecule has 0 atom stereocenters. The Morgan fingerprint density at radius 2 is 1.75 bits per heavy atom. The molecule has 0 radical (unpaired) electrons. The summed E-state index contributed by atoms with van der Waals surface area (Å²) in [5.41, 5.74) is 5.67. The van der Waals surface area contributed by atoms with Gasteiger partial charge in [-0.1, -0.05) is 30.3 Å². The number of rotatable bonds is 5. The van der Waals surface area contributed by atoms with Crippen molar-refractivity contribution in [1.82, 2.24) is 20.7 Å². The lowest BCUT2D eigenvalue weighted by Crippen LogP contribution is -2.43. The molecule has 1 fully saturated rings. The van der Waals surface area contributed by atoms with E-state index in [0.717, 1.165) is 22.2 Å². The molecule has 1 aliphatic rings. The largest absolute Gasteiger partial charge is 0.293 e. The SMILES string of the molecule is O=C(CCN1C(=O)S/C(=C\c2ccccc2)C1=O)NNC(=O)c1ccncc1. The number of nitrogens with zero attached hydrogens (tertiary/aromatic N) is 2. The van der Waals surface area contributed by atoms with Crippen molar-refractivity contribution in [3.8, 4) is 0 Å². The molecular formula is C19H16N4O4S. The van der Waals surface area contributed by atoms with E-state index in [2.05, 4.69) is 15.8 Å². The number of hydrogen-bond donors (Lipinski definition) is 2. The highest BCUT2D eigenvalue weighted by molar-refractivity contribution is 8.18. The van der Waals surface area contributed by atoms with E-state index in [9.17, 15) is 19.2 Å². The summed E-state index contributed by atoms with van der Waals surface area (Å²) in [6.45, 7) is -0.0756. The Kier molecular flexibility index (Phi) is 6.18. The number of hydrogen-bond acceptors (Lipinski definition) is 6. The highest BCUT2D eigenvalue weighted by Crippen LogP contribution is 2.32. The fourth-order valence-electron chi connectivity index (χ4n) is 2.37. The van der Waals surface area contributed by atoms with Gasteiger partial charge in [0.25, 0.3) is 17.1 Å². The van der Waals surface area contributed by atoms with Crippen molar-refractivity contribution < 1.29 is 19.2 Å². The van der Waals surface area contributed by atoms with Gasteiger partial charge in [-0.05, 0) is 35.5 Å². The highest BCUT2D eigenvalue weighted by atomic mass is 32.2. The lowest BCUT2D eigenvalue weighted by atomic mass is 10.2. The molecule has 3 rings (SSSR count). The average molecular weight is 396 g/mol. The number of benzene rings is 1. The van der Waals surface area contributed by atoms with Crippen LogP contribution in [0.15, 0.2) is 59.8 Å². The molecule has 2 aromatic rings. The Bertz CT molecular complexity index is 931. The quantitative estimate of drug-likeness (QED) is 0.591. The van der Waals surface area contributed by atoms with Gasteiger partial charge in [0.1, 0.15) is 0 Å². The molecule has 1 aliphatic heterocycles. The minimum Gasteiger partial charge on any atom is -0.273 e. The third-order valence-corrected chi connectivity index (χ3v) is 4.70. The zero-order valence-corrected chi connectivity index (χ0v) is 15.4. The topological polar surface area (TPSA) is 108 Å². The van der Waals surface area contributed by atoms with E-state index >= 15 is 0 Å². The van der Waals surface area contributed by atoms with Crippen LogP contribution in [-0.4, -0.2) is 39.4 Å². The normalized spacial score (nSPS) is 15.0. The molecule has 0 unspecified atom stereocenters. The minimum absolute atomic E-state index is 0.0756. The third-order valence-electron chi connectivity index (χ3n) is 3.79. The van der Waals surface area contributed by atoms with Crippen LogP contribution in [0.2, 0.25) is 0 Å². The maximum Gasteiger partial charge on any atom is 0.293 e. The van der Waals surface area contributed by atoms with Crippen molar-refractivity contribution in [1.29, 1.82) is 0 Å². The van der Waals surface area contributed by atoms with Crippen LogP contribution in [0, 0.1) is 0 Å². The molecule has 142 valence electrons. The van der Waals surface area contributed by atoms with Gasteiger partial charge in [0.05, 0.1) is 4.91 Å². The molecule has 1 saturated heterocycles. The predicted octanol–water partition coefficient (Wildman–Crippen LogP) is 1.97. The van der Waals surface area contributed by atoms with Crippen molar-refractivity contribution >= 4 is 40.8 Å². The number of imide groups is 1. The van der Waals surface area contributed by atoms with Crippen molar-refractivity contribution in [3.63, 3.8) is 0 Å². The number of pyridine rings is 1. The molecule has 0 spiro atoms. The zero-order valence-electron chi connectivity index (χ0n) is 14.6. The minimum atomic E-state index is -0.520. The number of aromatic nitrogens is 1. The van der Waals surface area contributed by atoms with Gasteiger partial charge in [-0.3, -0.25) is 39.9 Å². The van der Waals surface area contributed by atoms with Gasteiger partial charge in [0, 0.05) is 30.9 Å². The van der Waals surface area contributed by atoms with Crippen LogP contribution >= 0.6 is 11.8 Å². The summed E-state index contributed by atoms with van der Waals surface area (Å²) >= 11 is 0.835. The Morgan fingerprint density at radius 3 is 2.46 bits per heavy atom. The first-order chi connectivity index (χ1) is 13.5. The van der Waals surface area contributed by atoms with Gasteiger partial charge in [-0.15, -0.1) is 0 Å². The second-order valence-corrected chi connectivity index (χ2v) is 6.73. The summed E-state index contributed by atoms with van der Waals surface area (Å²) in [6, 6.07) is 12.2. The molecule has 1 aromatic carbocycles. The molecule has 2 N–H and O–H groups in total. The van der Waals surface area contributed by atoms with Crippen molar-refractivity contribution in [2.75, 3.05) is 6.54 Å². The Hall–Kier alpha value is -3.46. The van der Waals surface area contributed by atoms with Gasteiger partial charge >= 0.3 is 0 Å². The van der Waals surface area contributed by atoms with Crippen LogP contribution in [0.1, 0.15) is 22.3 Å². The average Bonchev–Trinajstić information content (AvgIpc) is 2.98. The van der Waals surface area contributed by atoms with Crippen LogP contribution in [0.3, 0.4) is 0 Å². The number of hydrazine groups is 1. The molecule has 4 amide bonds. The van der Waals surface area contributed by atoms with Crippen molar-refractivity contribution in [3.05, 3.63) is 70.9 Å². The van der Waals surface area contributed by atoms with E-state index in [4.69, 9.17) is 0 Å². The van der Waals surface area contributed by atoms with E-state index in [1.54, 1.807) is 6.08 Å². The standard InChI is InChI=1S/C19H16N4O4S/c24-16(21-22-17(25)14-6-9-20-10-7-14)8-11-23-18(26)15(28-19(23)27)12-13-4-2-1-3-5-13/h1-7,9-10,12H,8,11H2,(H,21,24)(H,22,25)/b15-12-. The summed E-state index contributed by atoms with van der Waals surface area (Å²) in [5, 5.41) is -0.430. The number of thioether (sulfide) groups is 1. The number of carbonyl (C=O) groups is 4. The van der Waals surface area contributed by atoms with Crippen molar-refractivity contribution in [2.24, 2.45) is 0 Å². The Balaban J connectivity index is 1.50. The number of amides is 4. The molecule has 0 aliphatic carbocycles. The molecule has 0 saturated carbocycles. The molecule has 0 bridgehead atoms. The predicted molar refractivity (Wildman–Crippen MR) is 104 cm³/mol. The lowest BCUT2D eigenvalue weighted by molar-refractivity contribution is -0.124. The summed E-state index contributed by atoms with van der Waals surface area (Å²) in [7, 11) is 0. The fraction of sp³-hybridized carbons (Fsp3) is 0.105. The van der Waals surface area contributed by atoms with Crippen LogP contribution in [0.25, 0.3) is 6.08 Å². The van der Waals surface area contributed by atoms with Crippen LogP contribution in [0.4, 0.5) is 4.79 Å². The summed E-state index contributed by atoms with van der Waals surface area (Å²) < 4.78 is 0. The number of nitrogens with one attached hydrogen (secondary N) is 2. The molecule has 1 aromatic heterocycles. The first-order valence-corrected chi connectivity index (χ1v) is 9.16. The first kappa shape index (κ1) is 19.3. The van der Waals surface area contributed by atoms with Crippen LogP contribution in [-0.2, 0) is 9.59 Å². The molecule has 9 heteroatoms. The lowest BCUT2D eigenvalue weighted by Gasteiger charge is -2.12. The Labute approximate surface area is 165 Å². The van der Waals surface area contributed by atoms with E-state index < -0.39 is 23.0 Å². The second kappa shape index (κ2) is 8.96. The molecule has 28 heavy (non-hydrogen) atoms.